The highest BCUT2D eigenvalue weighted by molar-refractivity contribution is 7.81. The summed E-state index contributed by atoms with van der Waals surface area (Å²) in [5.74, 6) is 1.94. The van der Waals surface area contributed by atoms with Crippen LogP contribution in [0.3, 0.4) is 0 Å². The van der Waals surface area contributed by atoms with Gasteiger partial charge < -0.3 is 25.3 Å². The van der Waals surface area contributed by atoms with Crippen LogP contribution in [0.5, 0.6) is 5.75 Å². The molecule has 5 aromatic rings. The zero-order chi connectivity index (χ0) is 27.2. The van der Waals surface area contributed by atoms with Crippen molar-refractivity contribution in [2.24, 2.45) is 5.73 Å². The van der Waals surface area contributed by atoms with Crippen molar-refractivity contribution in [1.82, 2.24) is 25.1 Å². The fourth-order valence-electron chi connectivity index (χ4n) is 4.76. The molecule has 200 valence electrons. The van der Waals surface area contributed by atoms with Gasteiger partial charge in [-0.25, -0.2) is 0 Å². The number of fused-ring (bicyclic) bond motifs is 1. The molecule has 0 saturated heterocycles. The zero-order valence-electron chi connectivity index (χ0n) is 21.7. The molecule has 0 saturated carbocycles. The van der Waals surface area contributed by atoms with Gasteiger partial charge in [0.05, 0.1) is 19.7 Å². The predicted molar refractivity (Wildman–Crippen MR) is 156 cm³/mol. The Kier molecular flexibility index (Phi) is 8.29. The summed E-state index contributed by atoms with van der Waals surface area (Å²) in [4.78, 5) is 16.1. The number of ether oxygens (including phenoxy) is 1. The fraction of sp³-hybridized carbons (Fsp3) is 0.233. The molecular formula is C30H32N6O2S. The summed E-state index contributed by atoms with van der Waals surface area (Å²) in [6.07, 6.45) is 4.01. The molecule has 39 heavy (non-hydrogen) atoms. The Hall–Kier alpha value is -4.08. The van der Waals surface area contributed by atoms with Crippen LogP contribution in [-0.2, 0) is 30.6 Å². The second-order valence-corrected chi connectivity index (χ2v) is 10.0. The van der Waals surface area contributed by atoms with Crippen molar-refractivity contribution in [3.63, 3.8) is 0 Å². The predicted octanol–water partition coefficient (Wildman–Crippen LogP) is 4.22. The standard InChI is InChI=1S/C30H32N6O2S/c1-38-23-14-11-21(12-15-23)19-36-27(16-13-20-7-3-2-4-8-20)34-35-29(36)26(33-30(37)28(31)39)17-22-18-32-25-10-6-5-9-24(22)25/h2-12,14-15,18,26,28,32,39H,13,16-17,19,31H2,1H3,(H,33,37). The number of amides is 1. The second-order valence-electron chi connectivity index (χ2n) is 9.46. The average Bonchev–Trinajstić information content (AvgIpc) is 3.56. The van der Waals surface area contributed by atoms with Crippen LogP contribution in [0.15, 0.2) is 85.1 Å². The van der Waals surface area contributed by atoms with Gasteiger partial charge in [0.1, 0.15) is 16.9 Å². The maximum absolute atomic E-state index is 12.8. The second kappa shape index (κ2) is 12.2. The lowest BCUT2D eigenvalue weighted by molar-refractivity contribution is -0.121. The van der Waals surface area contributed by atoms with E-state index in [0.717, 1.165) is 40.0 Å². The quantitative estimate of drug-likeness (QED) is 0.148. The Labute approximate surface area is 233 Å². The molecule has 0 aliphatic heterocycles. The van der Waals surface area contributed by atoms with Crippen molar-refractivity contribution in [3.05, 3.63) is 113 Å². The van der Waals surface area contributed by atoms with Gasteiger partial charge in [0, 0.05) is 29.9 Å². The monoisotopic (exact) mass is 540 g/mol. The van der Waals surface area contributed by atoms with E-state index in [-0.39, 0.29) is 5.91 Å². The largest absolute Gasteiger partial charge is 0.497 e. The summed E-state index contributed by atoms with van der Waals surface area (Å²) in [6, 6.07) is 25.9. The number of carbonyl (C=O) groups excluding carboxylic acids is 1. The highest BCUT2D eigenvalue weighted by Gasteiger charge is 2.26. The Morgan fingerprint density at radius 2 is 1.74 bits per heavy atom. The number of aryl methyl sites for hydroxylation is 2. The first kappa shape index (κ1) is 26.5. The van der Waals surface area contributed by atoms with E-state index in [1.807, 2.05) is 66.9 Å². The van der Waals surface area contributed by atoms with Crippen molar-refractivity contribution in [1.29, 1.82) is 0 Å². The summed E-state index contributed by atoms with van der Waals surface area (Å²) < 4.78 is 7.44. The Balaban J connectivity index is 1.52. The van der Waals surface area contributed by atoms with E-state index < -0.39 is 11.4 Å². The molecule has 0 spiro atoms. The number of nitrogens with zero attached hydrogens (tertiary/aromatic N) is 3. The third kappa shape index (κ3) is 6.32. The number of nitrogens with one attached hydrogen (secondary N) is 2. The number of thiol groups is 1. The van der Waals surface area contributed by atoms with Crippen molar-refractivity contribution in [2.75, 3.05) is 7.11 Å². The van der Waals surface area contributed by atoms with Crippen molar-refractivity contribution in [3.8, 4) is 5.75 Å². The average molecular weight is 541 g/mol. The Morgan fingerprint density at radius 1 is 1.00 bits per heavy atom. The lowest BCUT2D eigenvalue weighted by Gasteiger charge is -2.21. The third-order valence-electron chi connectivity index (χ3n) is 6.83. The molecule has 2 unspecified atom stereocenters. The number of nitrogens with two attached hydrogens (primary N) is 1. The highest BCUT2D eigenvalue weighted by atomic mass is 32.1. The molecule has 2 heterocycles. The van der Waals surface area contributed by atoms with Crippen LogP contribution in [-0.4, -0.2) is 38.1 Å². The number of H-pyrrole nitrogens is 1. The number of methoxy groups -OCH3 is 1. The lowest BCUT2D eigenvalue weighted by atomic mass is 10.0. The molecule has 9 heteroatoms. The van der Waals surface area contributed by atoms with Gasteiger partial charge in [-0.3, -0.25) is 4.79 Å². The van der Waals surface area contributed by atoms with Crippen LogP contribution in [0.4, 0.5) is 0 Å². The van der Waals surface area contributed by atoms with Gasteiger partial charge in [-0.1, -0.05) is 60.7 Å². The molecule has 3 aromatic carbocycles. The van der Waals surface area contributed by atoms with Gasteiger partial charge in [-0.2, -0.15) is 12.6 Å². The molecule has 0 bridgehead atoms. The minimum absolute atomic E-state index is 0.368. The van der Waals surface area contributed by atoms with Gasteiger partial charge in [-0.15, -0.1) is 10.2 Å². The van der Waals surface area contributed by atoms with Gasteiger partial charge in [-0.05, 0) is 41.3 Å². The van der Waals surface area contributed by atoms with Gasteiger partial charge >= 0.3 is 0 Å². The van der Waals surface area contributed by atoms with Crippen molar-refractivity contribution in [2.45, 2.75) is 37.2 Å². The van der Waals surface area contributed by atoms with Gasteiger partial charge in [0.15, 0.2) is 5.82 Å². The minimum atomic E-state index is -0.953. The molecule has 0 aliphatic rings. The number of carbonyl (C=O) groups is 1. The number of hydrogen-bond donors (Lipinski definition) is 4. The van der Waals surface area contributed by atoms with Crippen LogP contribution in [0.2, 0.25) is 0 Å². The summed E-state index contributed by atoms with van der Waals surface area (Å²) >= 11 is 4.16. The van der Waals surface area contributed by atoms with Crippen LogP contribution < -0.4 is 15.8 Å². The third-order valence-corrected chi connectivity index (χ3v) is 7.07. The van der Waals surface area contributed by atoms with Crippen LogP contribution >= 0.6 is 12.6 Å². The van der Waals surface area contributed by atoms with E-state index in [1.165, 1.54) is 5.56 Å². The maximum atomic E-state index is 12.8. The molecule has 0 fully saturated rings. The summed E-state index contributed by atoms with van der Waals surface area (Å²) in [5.41, 5.74) is 10.2. The van der Waals surface area contributed by atoms with Crippen LogP contribution in [0, 0.1) is 0 Å². The number of aromatic nitrogens is 4. The van der Waals surface area contributed by atoms with Crippen LogP contribution in [0.25, 0.3) is 10.9 Å². The first-order valence-corrected chi connectivity index (χ1v) is 13.4. The summed E-state index contributed by atoms with van der Waals surface area (Å²) in [7, 11) is 1.65. The topological polar surface area (TPSA) is 111 Å². The smallest absolute Gasteiger partial charge is 0.247 e. The lowest BCUT2D eigenvalue weighted by Crippen LogP contribution is -2.40. The van der Waals surface area contributed by atoms with Crippen molar-refractivity contribution >= 4 is 29.4 Å². The summed E-state index contributed by atoms with van der Waals surface area (Å²) in [6.45, 7) is 0.545. The van der Waals surface area contributed by atoms with E-state index >= 15 is 0 Å². The SMILES string of the molecule is COc1ccc(Cn2c(CCc3ccccc3)nnc2C(Cc2c[nH]c3ccccc23)NC(=O)C(N)S)cc1. The van der Waals surface area contributed by atoms with E-state index in [9.17, 15) is 4.79 Å². The van der Waals surface area contributed by atoms with E-state index in [2.05, 4.69) is 55.9 Å². The molecule has 8 nitrogen and oxygen atoms in total. The molecular weight excluding hydrogens is 508 g/mol. The minimum Gasteiger partial charge on any atom is -0.497 e. The van der Waals surface area contributed by atoms with Crippen molar-refractivity contribution < 1.29 is 9.53 Å². The first-order chi connectivity index (χ1) is 19.0. The first-order valence-electron chi connectivity index (χ1n) is 12.9. The fourth-order valence-corrected chi connectivity index (χ4v) is 4.84. The summed E-state index contributed by atoms with van der Waals surface area (Å²) in [5, 5.41) is 12.4. The molecule has 2 aromatic heterocycles. The van der Waals surface area contributed by atoms with Gasteiger partial charge in [0.25, 0.3) is 0 Å². The molecule has 4 N–H and O–H groups in total. The maximum Gasteiger partial charge on any atom is 0.247 e. The molecule has 5 rings (SSSR count). The van der Waals surface area contributed by atoms with Crippen LogP contribution in [0.1, 0.15) is 34.4 Å². The molecule has 2 atom stereocenters. The van der Waals surface area contributed by atoms with E-state index in [1.54, 1.807) is 7.11 Å². The molecule has 1 amide bonds. The number of aromatic amines is 1. The Bertz CT molecular complexity index is 1530. The van der Waals surface area contributed by atoms with E-state index in [4.69, 9.17) is 10.5 Å². The molecule has 0 aliphatic carbocycles. The van der Waals surface area contributed by atoms with E-state index in [0.29, 0.717) is 25.2 Å². The number of rotatable bonds is 11. The number of hydrogen-bond acceptors (Lipinski definition) is 6. The highest BCUT2D eigenvalue weighted by Crippen LogP contribution is 2.26. The number of benzene rings is 3. The zero-order valence-corrected chi connectivity index (χ0v) is 22.6. The normalized spacial score (nSPS) is 12.8. The molecule has 0 radical (unpaired) electrons. The Morgan fingerprint density at radius 3 is 2.49 bits per heavy atom. The van der Waals surface area contributed by atoms with Gasteiger partial charge in [0.2, 0.25) is 5.91 Å². The number of para-hydroxylation sites is 1.